The predicted molar refractivity (Wildman–Crippen MR) is 59.7 cm³/mol. The van der Waals surface area contributed by atoms with E-state index in [-0.39, 0.29) is 0 Å². The van der Waals surface area contributed by atoms with E-state index in [1.54, 1.807) is 0 Å². The van der Waals surface area contributed by atoms with Gasteiger partial charge < -0.3 is 0 Å². The molecule has 1 unspecified atom stereocenters. The second-order valence-corrected chi connectivity index (χ2v) is 4.86. The molecule has 0 radical (unpaired) electrons. The first kappa shape index (κ1) is 10.6. The average molecular weight is 178 g/mol. The summed E-state index contributed by atoms with van der Waals surface area (Å²) in [5.41, 5.74) is 3.15. The summed E-state index contributed by atoms with van der Waals surface area (Å²) in [6, 6.07) is 0. The van der Waals surface area contributed by atoms with Gasteiger partial charge in [0.05, 0.1) is 0 Å². The first-order valence-electron chi connectivity index (χ1n) is 5.35. The van der Waals surface area contributed by atoms with Crippen molar-refractivity contribution in [3.8, 4) is 0 Å². The van der Waals surface area contributed by atoms with Crippen LogP contribution in [0.4, 0.5) is 0 Å². The minimum atomic E-state index is 0.379. The molecule has 13 heavy (non-hydrogen) atoms. The zero-order chi connectivity index (χ0) is 10.1. The molecule has 0 N–H and O–H groups in total. The summed E-state index contributed by atoms with van der Waals surface area (Å²) in [5.74, 6) is 0.718. The molecule has 0 aromatic rings. The molecule has 0 aromatic heterocycles. The van der Waals surface area contributed by atoms with Gasteiger partial charge in [-0.1, -0.05) is 39.0 Å². The number of hydrogen-bond acceptors (Lipinski definition) is 0. The van der Waals surface area contributed by atoms with Gasteiger partial charge in [0.1, 0.15) is 0 Å². The quantitative estimate of drug-likeness (QED) is 0.590. The molecule has 0 spiro atoms. The molecule has 1 atom stereocenters. The van der Waals surface area contributed by atoms with Gasteiger partial charge in [-0.3, -0.25) is 0 Å². The summed E-state index contributed by atoms with van der Waals surface area (Å²) < 4.78 is 0. The van der Waals surface area contributed by atoms with E-state index in [0.717, 1.165) is 5.92 Å². The Morgan fingerprint density at radius 1 is 1.54 bits per heavy atom. The fraction of sp³-hybridized carbons (Fsp3) is 0.692. The van der Waals surface area contributed by atoms with Crippen LogP contribution in [0, 0.1) is 11.3 Å². The molecule has 1 aliphatic rings. The monoisotopic (exact) mass is 178 g/mol. The second kappa shape index (κ2) is 3.69. The van der Waals surface area contributed by atoms with Crippen LogP contribution in [0.3, 0.4) is 0 Å². The van der Waals surface area contributed by atoms with E-state index in [9.17, 15) is 0 Å². The summed E-state index contributed by atoms with van der Waals surface area (Å²) in [7, 11) is 0. The molecule has 0 fully saturated rings. The highest BCUT2D eigenvalue weighted by atomic mass is 14.4. The maximum Gasteiger partial charge on any atom is -0.00529 e. The Bertz CT molecular complexity index is 232. The van der Waals surface area contributed by atoms with E-state index in [1.165, 1.54) is 30.4 Å². The predicted octanol–water partition coefficient (Wildman–Crippen LogP) is 4.34. The molecule has 0 saturated heterocycles. The van der Waals surface area contributed by atoms with Crippen LogP contribution in [0.2, 0.25) is 0 Å². The summed E-state index contributed by atoms with van der Waals surface area (Å²) in [4.78, 5) is 0. The Kier molecular flexibility index (Phi) is 3.00. The normalized spacial score (nSPS) is 28.8. The van der Waals surface area contributed by atoms with Crippen molar-refractivity contribution in [2.75, 3.05) is 0 Å². The molecule has 1 aliphatic carbocycles. The lowest BCUT2D eigenvalue weighted by molar-refractivity contribution is 0.241. The Morgan fingerprint density at radius 2 is 2.15 bits per heavy atom. The van der Waals surface area contributed by atoms with Gasteiger partial charge >= 0.3 is 0 Å². The van der Waals surface area contributed by atoms with E-state index in [0.29, 0.717) is 5.41 Å². The second-order valence-electron chi connectivity index (χ2n) is 4.86. The fourth-order valence-electron chi connectivity index (χ4n) is 2.34. The van der Waals surface area contributed by atoms with Crippen molar-refractivity contribution in [3.63, 3.8) is 0 Å². The highest BCUT2D eigenvalue weighted by molar-refractivity contribution is 5.34. The van der Waals surface area contributed by atoms with Gasteiger partial charge in [0.25, 0.3) is 0 Å². The van der Waals surface area contributed by atoms with Gasteiger partial charge in [-0.2, -0.15) is 0 Å². The average Bonchev–Trinajstić information content (AvgIpc) is 2.04. The van der Waals surface area contributed by atoms with Gasteiger partial charge in [0.15, 0.2) is 0 Å². The van der Waals surface area contributed by atoms with Gasteiger partial charge in [-0.25, -0.2) is 0 Å². The molecule has 0 heterocycles. The van der Waals surface area contributed by atoms with Crippen LogP contribution in [-0.4, -0.2) is 0 Å². The van der Waals surface area contributed by atoms with Crippen molar-refractivity contribution in [1.82, 2.24) is 0 Å². The largest absolute Gasteiger partial charge is 0.0958 e. The highest BCUT2D eigenvalue weighted by Gasteiger charge is 2.33. The molecule has 0 heteroatoms. The van der Waals surface area contributed by atoms with Crippen molar-refractivity contribution in [2.24, 2.45) is 11.3 Å². The smallest absolute Gasteiger partial charge is 0.00529 e. The van der Waals surface area contributed by atoms with Gasteiger partial charge in [-0.15, -0.1) is 0 Å². The SMILES string of the molecule is C=C(C)C1=CCCCC1(C)C(C)C. The lowest BCUT2D eigenvalue weighted by atomic mass is 9.65. The molecule has 0 bridgehead atoms. The van der Waals surface area contributed by atoms with E-state index in [4.69, 9.17) is 0 Å². The van der Waals surface area contributed by atoms with Crippen LogP contribution in [0.25, 0.3) is 0 Å². The maximum absolute atomic E-state index is 4.09. The molecule has 0 nitrogen and oxygen atoms in total. The molecule has 0 aromatic carbocycles. The molecule has 0 amide bonds. The van der Waals surface area contributed by atoms with Crippen molar-refractivity contribution >= 4 is 0 Å². The van der Waals surface area contributed by atoms with Crippen molar-refractivity contribution < 1.29 is 0 Å². The van der Waals surface area contributed by atoms with Gasteiger partial charge in [0.2, 0.25) is 0 Å². The van der Waals surface area contributed by atoms with Crippen LogP contribution < -0.4 is 0 Å². The molecule has 74 valence electrons. The van der Waals surface area contributed by atoms with E-state index in [1.807, 2.05) is 0 Å². The van der Waals surface area contributed by atoms with Crippen LogP contribution in [-0.2, 0) is 0 Å². The highest BCUT2D eigenvalue weighted by Crippen LogP contribution is 2.45. The lowest BCUT2D eigenvalue weighted by Gasteiger charge is -2.39. The molecule has 0 aliphatic heterocycles. The minimum Gasteiger partial charge on any atom is -0.0958 e. The topological polar surface area (TPSA) is 0 Å². The Hall–Kier alpha value is -0.520. The number of hydrogen-bond donors (Lipinski definition) is 0. The first-order valence-corrected chi connectivity index (χ1v) is 5.35. The van der Waals surface area contributed by atoms with Gasteiger partial charge in [0, 0.05) is 0 Å². The Morgan fingerprint density at radius 3 is 2.54 bits per heavy atom. The summed E-state index contributed by atoms with van der Waals surface area (Å²) in [6.45, 7) is 13.3. The number of rotatable bonds is 2. The molecule has 0 saturated carbocycles. The van der Waals surface area contributed by atoms with Crippen LogP contribution in [0.1, 0.15) is 47.0 Å². The summed E-state index contributed by atoms with van der Waals surface area (Å²) in [6.07, 6.45) is 6.30. The summed E-state index contributed by atoms with van der Waals surface area (Å²) >= 11 is 0. The maximum atomic E-state index is 4.09. The first-order chi connectivity index (χ1) is 5.98. The van der Waals surface area contributed by atoms with E-state index < -0.39 is 0 Å². The standard InChI is InChI=1S/C13H22/c1-10(2)12-8-6-7-9-13(12,5)11(3)4/h8,11H,1,6-7,9H2,2-5H3. The zero-order valence-electron chi connectivity index (χ0n) is 9.48. The van der Waals surface area contributed by atoms with E-state index >= 15 is 0 Å². The van der Waals surface area contributed by atoms with Gasteiger partial charge in [-0.05, 0) is 43.1 Å². The third-order valence-electron chi connectivity index (χ3n) is 3.60. The number of allylic oxidation sites excluding steroid dienone is 3. The Labute approximate surface area is 82.7 Å². The van der Waals surface area contributed by atoms with E-state index in [2.05, 4.69) is 40.3 Å². The zero-order valence-corrected chi connectivity index (χ0v) is 9.48. The molecular formula is C13H22. The molecular weight excluding hydrogens is 156 g/mol. The van der Waals surface area contributed by atoms with Crippen LogP contribution in [0.15, 0.2) is 23.8 Å². The van der Waals surface area contributed by atoms with Crippen LogP contribution >= 0.6 is 0 Å². The third kappa shape index (κ3) is 1.87. The van der Waals surface area contributed by atoms with Crippen LogP contribution in [0.5, 0.6) is 0 Å². The van der Waals surface area contributed by atoms with Crippen molar-refractivity contribution in [2.45, 2.75) is 47.0 Å². The minimum absolute atomic E-state index is 0.379. The Balaban J connectivity index is 3.01. The van der Waals surface area contributed by atoms with Crippen molar-refractivity contribution in [3.05, 3.63) is 23.8 Å². The van der Waals surface area contributed by atoms with Crippen molar-refractivity contribution in [1.29, 1.82) is 0 Å². The third-order valence-corrected chi connectivity index (χ3v) is 3.60. The fourth-order valence-corrected chi connectivity index (χ4v) is 2.34. The molecule has 1 rings (SSSR count). The lowest BCUT2D eigenvalue weighted by Crippen LogP contribution is -2.28. The summed E-state index contributed by atoms with van der Waals surface area (Å²) in [5, 5.41) is 0.